The first-order chi connectivity index (χ1) is 13.8. The Morgan fingerprint density at radius 3 is 2.55 bits per heavy atom. The third kappa shape index (κ3) is 5.90. The topological polar surface area (TPSA) is 48.5 Å². The molecule has 0 saturated carbocycles. The Hall–Kier alpha value is -2.68. The van der Waals surface area contributed by atoms with E-state index in [0.29, 0.717) is 25.3 Å². The van der Waals surface area contributed by atoms with Gasteiger partial charge in [-0.3, -0.25) is 9.69 Å². The first-order valence-electron chi connectivity index (χ1n) is 9.37. The van der Waals surface area contributed by atoms with Crippen LogP contribution in [0.5, 0.6) is 0 Å². The number of amides is 1. The van der Waals surface area contributed by atoms with E-state index in [1.807, 2.05) is 4.90 Å². The molecule has 0 unspecified atom stereocenters. The van der Waals surface area contributed by atoms with Crippen molar-refractivity contribution in [2.24, 2.45) is 0 Å². The van der Waals surface area contributed by atoms with E-state index in [1.54, 1.807) is 6.07 Å². The van der Waals surface area contributed by atoms with Crippen LogP contribution in [-0.2, 0) is 6.18 Å². The quantitative estimate of drug-likeness (QED) is 0.452. The number of alkyl halides is 3. The van der Waals surface area contributed by atoms with Gasteiger partial charge in [0.15, 0.2) is 0 Å². The van der Waals surface area contributed by atoms with Crippen LogP contribution in [0.2, 0.25) is 0 Å². The maximum atomic E-state index is 13.0. The van der Waals surface area contributed by atoms with Crippen molar-refractivity contribution in [1.82, 2.24) is 15.2 Å². The van der Waals surface area contributed by atoms with Crippen molar-refractivity contribution in [3.63, 3.8) is 0 Å². The number of carbonyl (C=O) groups is 1. The third-order valence-corrected chi connectivity index (χ3v) is 4.84. The first-order valence-corrected chi connectivity index (χ1v) is 9.37. The minimum Gasteiger partial charge on any atom is -0.369 e. The summed E-state index contributed by atoms with van der Waals surface area (Å²) in [6.45, 7) is 3.98. The fourth-order valence-electron chi connectivity index (χ4n) is 3.26. The lowest BCUT2D eigenvalue weighted by molar-refractivity contribution is -0.137. The molecule has 3 rings (SSSR count). The molecule has 9 heteroatoms. The number of benzene rings is 1. The highest BCUT2D eigenvalue weighted by Gasteiger charge is 2.31. The molecular weight excluding hydrogens is 388 g/mol. The number of rotatable bonds is 6. The molecule has 1 aromatic carbocycles. The Bertz CT molecular complexity index is 835. The third-order valence-electron chi connectivity index (χ3n) is 4.84. The second-order valence-electron chi connectivity index (χ2n) is 6.85. The van der Waals surface area contributed by atoms with Crippen molar-refractivity contribution in [3.8, 4) is 0 Å². The SMILES string of the molecule is O=C(NCCCN1CCN(c2cccc(C(F)(F)F)c2)CC1)c1ccnc(F)c1. The van der Waals surface area contributed by atoms with Crippen molar-refractivity contribution in [2.45, 2.75) is 12.6 Å². The predicted molar refractivity (Wildman–Crippen MR) is 101 cm³/mol. The Morgan fingerprint density at radius 1 is 1.10 bits per heavy atom. The second kappa shape index (κ2) is 9.21. The zero-order chi connectivity index (χ0) is 20.9. The van der Waals surface area contributed by atoms with Crippen molar-refractivity contribution < 1.29 is 22.4 Å². The maximum absolute atomic E-state index is 13.0. The van der Waals surface area contributed by atoms with Gasteiger partial charge >= 0.3 is 6.18 Å². The van der Waals surface area contributed by atoms with E-state index in [1.165, 1.54) is 24.4 Å². The summed E-state index contributed by atoms with van der Waals surface area (Å²) in [5, 5.41) is 2.74. The van der Waals surface area contributed by atoms with Gasteiger partial charge in [-0.2, -0.15) is 17.6 Å². The number of hydrogen-bond acceptors (Lipinski definition) is 4. The summed E-state index contributed by atoms with van der Waals surface area (Å²) in [5.41, 5.74) is 0.172. The van der Waals surface area contributed by atoms with Gasteiger partial charge in [-0.15, -0.1) is 0 Å². The van der Waals surface area contributed by atoms with E-state index in [0.717, 1.165) is 38.2 Å². The number of carbonyl (C=O) groups excluding carboxylic acids is 1. The molecule has 1 amide bonds. The lowest BCUT2D eigenvalue weighted by atomic mass is 10.1. The fourth-order valence-corrected chi connectivity index (χ4v) is 3.26. The highest BCUT2D eigenvalue weighted by atomic mass is 19.4. The first kappa shape index (κ1) is 21.0. The van der Waals surface area contributed by atoms with Crippen LogP contribution >= 0.6 is 0 Å². The average Bonchev–Trinajstić information content (AvgIpc) is 2.71. The molecular formula is C20H22F4N4O. The minimum absolute atomic E-state index is 0.229. The van der Waals surface area contributed by atoms with Gasteiger partial charge in [0.25, 0.3) is 5.91 Å². The number of pyridine rings is 1. The van der Waals surface area contributed by atoms with Crippen LogP contribution in [-0.4, -0.2) is 55.1 Å². The van der Waals surface area contributed by atoms with Crippen LogP contribution in [0, 0.1) is 5.95 Å². The van der Waals surface area contributed by atoms with Crippen LogP contribution in [0.25, 0.3) is 0 Å². The number of hydrogen-bond donors (Lipinski definition) is 1. The molecule has 0 bridgehead atoms. The summed E-state index contributed by atoms with van der Waals surface area (Å²) in [4.78, 5) is 19.5. The molecule has 1 aliphatic rings. The summed E-state index contributed by atoms with van der Waals surface area (Å²) in [6.07, 6.45) is -2.37. The average molecular weight is 410 g/mol. The molecule has 0 radical (unpaired) electrons. The Labute approximate surface area is 166 Å². The lowest BCUT2D eigenvalue weighted by Crippen LogP contribution is -2.47. The molecule has 2 heterocycles. The van der Waals surface area contributed by atoms with Gasteiger partial charge in [0.1, 0.15) is 0 Å². The van der Waals surface area contributed by atoms with Crippen LogP contribution < -0.4 is 10.2 Å². The van der Waals surface area contributed by atoms with Crippen molar-refractivity contribution in [1.29, 1.82) is 0 Å². The highest BCUT2D eigenvalue weighted by Crippen LogP contribution is 2.31. The van der Waals surface area contributed by atoms with Gasteiger partial charge in [0.05, 0.1) is 5.56 Å². The van der Waals surface area contributed by atoms with Crippen LogP contribution in [0.3, 0.4) is 0 Å². The van der Waals surface area contributed by atoms with Gasteiger partial charge in [-0.1, -0.05) is 6.07 Å². The molecule has 0 spiro atoms. The summed E-state index contributed by atoms with van der Waals surface area (Å²) >= 11 is 0. The molecule has 0 aliphatic carbocycles. The normalized spacial score (nSPS) is 15.4. The van der Waals surface area contributed by atoms with Gasteiger partial charge < -0.3 is 10.2 Å². The highest BCUT2D eigenvalue weighted by molar-refractivity contribution is 5.93. The molecule has 156 valence electrons. The Balaban J connectivity index is 1.40. The molecule has 1 aliphatic heterocycles. The van der Waals surface area contributed by atoms with Crippen molar-refractivity contribution in [2.75, 3.05) is 44.2 Å². The molecule has 5 nitrogen and oxygen atoms in total. The predicted octanol–water partition coefficient (Wildman–Crippen LogP) is 3.18. The Morgan fingerprint density at radius 2 is 1.86 bits per heavy atom. The van der Waals surface area contributed by atoms with Crippen molar-refractivity contribution in [3.05, 3.63) is 59.7 Å². The maximum Gasteiger partial charge on any atom is 0.416 e. The molecule has 1 fully saturated rings. The summed E-state index contributed by atoms with van der Waals surface area (Å²) in [5.74, 6) is -1.04. The molecule has 1 aromatic heterocycles. The van der Waals surface area contributed by atoms with Crippen LogP contribution in [0.1, 0.15) is 22.3 Å². The molecule has 0 atom stereocenters. The van der Waals surface area contributed by atoms with E-state index in [2.05, 4.69) is 15.2 Å². The molecule has 1 N–H and O–H groups in total. The standard InChI is InChI=1S/C20H22F4N4O/c21-18-13-15(5-7-25-18)19(29)26-6-2-8-27-9-11-28(12-10-27)17-4-1-3-16(14-17)20(22,23)24/h1,3-5,7,13-14H,2,6,8-12H2,(H,26,29). The molecule has 2 aromatic rings. The second-order valence-corrected chi connectivity index (χ2v) is 6.85. The lowest BCUT2D eigenvalue weighted by Gasteiger charge is -2.36. The summed E-state index contributed by atoms with van der Waals surface area (Å²) in [7, 11) is 0. The van der Waals surface area contributed by atoms with E-state index >= 15 is 0 Å². The minimum atomic E-state index is -4.34. The van der Waals surface area contributed by atoms with Crippen LogP contribution in [0.15, 0.2) is 42.6 Å². The fraction of sp³-hybridized carbons (Fsp3) is 0.400. The number of anilines is 1. The van der Waals surface area contributed by atoms with E-state index in [4.69, 9.17) is 0 Å². The monoisotopic (exact) mass is 410 g/mol. The Kier molecular flexibility index (Phi) is 6.68. The van der Waals surface area contributed by atoms with Gasteiger partial charge in [0, 0.05) is 56.2 Å². The number of aromatic nitrogens is 1. The van der Waals surface area contributed by atoms with Gasteiger partial charge in [-0.25, -0.2) is 4.98 Å². The molecule has 29 heavy (non-hydrogen) atoms. The van der Waals surface area contributed by atoms with Crippen molar-refractivity contribution >= 4 is 11.6 Å². The van der Waals surface area contributed by atoms with Crippen LogP contribution in [0.4, 0.5) is 23.2 Å². The number of halogens is 4. The number of nitrogens with one attached hydrogen (secondary N) is 1. The van der Waals surface area contributed by atoms with E-state index in [9.17, 15) is 22.4 Å². The number of nitrogens with zero attached hydrogens (tertiary/aromatic N) is 3. The van der Waals surface area contributed by atoms with E-state index < -0.39 is 17.7 Å². The van der Waals surface area contributed by atoms with Gasteiger partial charge in [-0.05, 0) is 37.2 Å². The largest absolute Gasteiger partial charge is 0.416 e. The zero-order valence-corrected chi connectivity index (χ0v) is 15.8. The summed E-state index contributed by atoms with van der Waals surface area (Å²) < 4.78 is 51.7. The number of piperazine rings is 1. The van der Waals surface area contributed by atoms with E-state index in [-0.39, 0.29) is 11.5 Å². The van der Waals surface area contributed by atoms with Gasteiger partial charge in [0.2, 0.25) is 5.95 Å². The smallest absolute Gasteiger partial charge is 0.369 e. The molecule has 1 saturated heterocycles. The zero-order valence-electron chi connectivity index (χ0n) is 15.8. The summed E-state index contributed by atoms with van der Waals surface area (Å²) in [6, 6.07) is 7.93.